The number of nitrogens with zero attached hydrogens (tertiary/aromatic N) is 4. The van der Waals surface area contributed by atoms with E-state index < -0.39 is 0 Å². The average Bonchev–Trinajstić information content (AvgIpc) is 3.16. The molecule has 2 aliphatic rings. The minimum absolute atomic E-state index is 0. The molecule has 0 unspecified atom stereocenters. The number of aliphatic imine (C=N–C) groups is 1. The number of nitrogens with two attached hydrogens (primary N) is 1. The van der Waals surface area contributed by atoms with E-state index in [-0.39, 0.29) is 24.0 Å². The van der Waals surface area contributed by atoms with Gasteiger partial charge in [0.15, 0.2) is 5.96 Å². The minimum Gasteiger partial charge on any atom is -0.370 e. The Labute approximate surface area is 136 Å². The molecule has 0 radical (unpaired) electrons. The van der Waals surface area contributed by atoms with E-state index in [1.807, 2.05) is 0 Å². The highest BCUT2D eigenvalue weighted by molar-refractivity contribution is 14.0. The molecule has 112 valence electrons. The Morgan fingerprint density at radius 2 is 2.15 bits per heavy atom. The second-order valence-electron chi connectivity index (χ2n) is 5.43. The fraction of sp³-hybridized carbons (Fsp3) is 0.769. The monoisotopic (exact) mass is 390 g/mol. The summed E-state index contributed by atoms with van der Waals surface area (Å²) in [5, 5.41) is 11.8. The molecule has 0 spiro atoms. The smallest absolute Gasteiger partial charge is 0.188 e. The van der Waals surface area contributed by atoms with Crippen molar-refractivity contribution in [1.82, 2.24) is 20.1 Å². The summed E-state index contributed by atoms with van der Waals surface area (Å²) in [5.74, 6) is 2.76. The van der Waals surface area contributed by atoms with Crippen LogP contribution in [0.5, 0.6) is 0 Å². The van der Waals surface area contributed by atoms with Crippen molar-refractivity contribution in [1.29, 1.82) is 0 Å². The molecule has 1 aromatic heterocycles. The summed E-state index contributed by atoms with van der Waals surface area (Å²) < 4.78 is 2.27. The third kappa shape index (κ3) is 4.07. The maximum absolute atomic E-state index is 5.81. The number of guanidine groups is 1. The van der Waals surface area contributed by atoms with Crippen molar-refractivity contribution in [2.24, 2.45) is 10.7 Å². The number of fused-ring (bicyclic) bond motifs is 1. The van der Waals surface area contributed by atoms with Crippen LogP contribution in [-0.2, 0) is 19.4 Å². The fourth-order valence-electron chi connectivity index (χ4n) is 2.49. The summed E-state index contributed by atoms with van der Waals surface area (Å²) >= 11 is 0. The number of rotatable bonds is 4. The van der Waals surface area contributed by atoms with Crippen LogP contribution in [0.2, 0.25) is 0 Å². The first-order chi connectivity index (χ1) is 9.33. The zero-order chi connectivity index (χ0) is 13.1. The van der Waals surface area contributed by atoms with Crippen molar-refractivity contribution in [2.45, 2.75) is 57.5 Å². The van der Waals surface area contributed by atoms with E-state index in [4.69, 9.17) is 5.73 Å². The van der Waals surface area contributed by atoms with Gasteiger partial charge in [-0.15, -0.1) is 34.2 Å². The van der Waals surface area contributed by atoms with Crippen LogP contribution in [-0.4, -0.2) is 33.3 Å². The van der Waals surface area contributed by atoms with E-state index in [1.54, 1.807) is 0 Å². The van der Waals surface area contributed by atoms with Gasteiger partial charge >= 0.3 is 0 Å². The zero-order valence-electron chi connectivity index (χ0n) is 11.7. The number of hydrogen-bond donors (Lipinski definition) is 2. The lowest BCUT2D eigenvalue weighted by Gasteiger charge is -2.06. The van der Waals surface area contributed by atoms with Gasteiger partial charge in [-0.25, -0.2) is 0 Å². The number of aryl methyl sites for hydroxylation is 1. The van der Waals surface area contributed by atoms with Crippen molar-refractivity contribution in [3.05, 3.63) is 11.6 Å². The molecule has 1 aliphatic heterocycles. The highest BCUT2D eigenvalue weighted by Crippen LogP contribution is 2.18. The molecule has 0 bridgehead atoms. The van der Waals surface area contributed by atoms with Crippen LogP contribution in [0.4, 0.5) is 0 Å². The van der Waals surface area contributed by atoms with E-state index in [0.717, 1.165) is 31.0 Å². The highest BCUT2D eigenvalue weighted by atomic mass is 127. The van der Waals surface area contributed by atoms with Gasteiger partial charge in [0.2, 0.25) is 0 Å². The summed E-state index contributed by atoms with van der Waals surface area (Å²) in [6, 6.07) is 0.563. The number of nitrogens with one attached hydrogen (secondary N) is 1. The molecular formula is C13H23IN6. The number of aromatic nitrogens is 3. The first kappa shape index (κ1) is 15.5. The van der Waals surface area contributed by atoms with Gasteiger partial charge in [-0.2, -0.15) is 0 Å². The van der Waals surface area contributed by atoms with Crippen molar-refractivity contribution in [3.63, 3.8) is 0 Å². The highest BCUT2D eigenvalue weighted by Gasteiger charge is 2.21. The lowest BCUT2D eigenvalue weighted by Crippen LogP contribution is -2.33. The maximum Gasteiger partial charge on any atom is 0.188 e. The first-order valence-corrected chi connectivity index (χ1v) is 7.30. The molecule has 1 aliphatic carbocycles. The predicted octanol–water partition coefficient (Wildman–Crippen LogP) is 1.23. The van der Waals surface area contributed by atoms with Crippen LogP contribution in [0.15, 0.2) is 4.99 Å². The molecule has 6 nitrogen and oxygen atoms in total. The third-order valence-corrected chi connectivity index (χ3v) is 3.73. The third-order valence-electron chi connectivity index (χ3n) is 3.73. The number of hydrogen-bond acceptors (Lipinski definition) is 3. The van der Waals surface area contributed by atoms with E-state index >= 15 is 0 Å². The molecule has 0 atom stereocenters. The Morgan fingerprint density at radius 1 is 1.30 bits per heavy atom. The molecular weight excluding hydrogens is 367 g/mol. The Balaban J connectivity index is 0.00000147. The van der Waals surface area contributed by atoms with Gasteiger partial charge in [0.05, 0.1) is 0 Å². The molecule has 20 heavy (non-hydrogen) atoms. The van der Waals surface area contributed by atoms with Crippen LogP contribution < -0.4 is 11.1 Å². The van der Waals surface area contributed by atoms with Gasteiger partial charge in [0.1, 0.15) is 11.6 Å². The first-order valence-electron chi connectivity index (χ1n) is 7.30. The second kappa shape index (κ2) is 7.24. The summed E-state index contributed by atoms with van der Waals surface area (Å²) in [6.07, 6.45) is 8.06. The Hall–Kier alpha value is -0.860. The van der Waals surface area contributed by atoms with Gasteiger partial charge in [0.25, 0.3) is 0 Å². The quantitative estimate of drug-likeness (QED) is 0.461. The summed E-state index contributed by atoms with van der Waals surface area (Å²) in [6.45, 7) is 1.74. The van der Waals surface area contributed by atoms with Crippen molar-refractivity contribution < 1.29 is 0 Å². The zero-order valence-corrected chi connectivity index (χ0v) is 14.0. The standard InChI is InChI=1S/C13H22N6.HI/c14-13(16-10-5-6-10)15-8-7-12-18-17-11-4-2-1-3-9-19(11)12;/h10H,1-9H2,(H3,14,15,16);1H. The Bertz CT molecular complexity index is 465. The minimum atomic E-state index is 0. The lowest BCUT2D eigenvalue weighted by atomic mass is 10.2. The summed E-state index contributed by atoms with van der Waals surface area (Å²) in [7, 11) is 0. The summed E-state index contributed by atoms with van der Waals surface area (Å²) in [5.41, 5.74) is 5.81. The van der Waals surface area contributed by atoms with Gasteiger partial charge in [-0.1, -0.05) is 6.42 Å². The largest absolute Gasteiger partial charge is 0.370 e. The molecule has 1 aromatic rings. The Morgan fingerprint density at radius 3 is 2.95 bits per heavy atom. The molecule has 7 heteroatoms. The van der Waals surface area contributed by atoms with Crippen LogP contribution in [0, 0.1) is 0 Å². The molecule has 0 aromatic carbocycles. The predicted molar refractivity (Wildman–Crippen MR) is 89.3 cm³/mol. The number of halogens is 1. The molecule has 1 saturated carbocycles. The topological polar surface area (TPSA) is 81.1 Å². The summed E-state index contributed by atoms with van der Waals surface area (Å²) in [4.78, 5) is 4.35. The van der Waals surface area contributed by atoms with Crippen LogP contribution >= 0.6 is 24.0 Å². The molecule has 0 saturated heterocycles. The average molecular weight is 390 g/mol. The van der Waals surface area contributed by atoms with Gasteiger partial charge < -0.3 is 15.6 Å². The van der Waals surface area contributed by atoms with Crippen molar-refractivity contribution >= 4 is 29.9 Å². The molecule has 0 amide bonds. The van der Waals surface area contributed by atoms with Gasteiger partial charge in [0, 0.05) is 32.0 Å². The van der Waals surface area contributed by atoms with Crippen LogP contribution in [0.1, 0.15) is 43.8 Å². The SMILES string of the molecule is I.NC(=NCCc1nnc2n1CCCCC2)NC1CC1. The second-order valence-corrected chi connectivity index (χ2v) is 5.43. The fourth-order valence-corrected chi connectivity index (χ4v) is 2.49. The van der Waals surface area contributed by atoms with E-state index in [2.05, 4.69) is 25.1 Å². The van der Waals surface area contributed by atoms with Crippen LogP contribution in [0.25, 0.3) is 0 Å². The maximum atomic E-state index is 5.81. The normalized spacial score (nSPS) is 18.9. The van der Waals surface area contributed by atoms with Gasteiger partial charge in [-0.05, 0) is 25.7 Å². The Kier molecular flexibility index (Phi) is 5.62. The molecule has 3 rings (SSSR count). The van der Waals surface area contributed by atoms with E-state index in [0.29, 0.717) is 18.5 Å². The lowest BCUT2D eigenvalue weighted by molar-refractivity contribution is 0.604. The van der Waals surface area contributed by atoms with Crippen molar-refractivity contribution in [2.75, 3.05) is 6.54 Å². The molecule has 1 fully saturated rings. The van der Waals surface area contributed by atoms with Crippen molar-refractivity contribution in [3.8, 4) is 0 Å². The van der Waals surface area contributed by atoms with Crippen LogP contribution in [0.3, 0.4) is 0 Å². The van der Waals surface area contributed by atoms with E-state index in [9.17, 15) is 0 Å². The van der Waals surface area contributed by atoms with E-state index in [1.165, 1.54) is 32.1 Å². The molecule has 2 heterocycles. The van der Waals surface area contributed by atoms with Gasteiger partial charge in [-0.3, -0.25) is 4.99 Å². The molecule has 3 N–H and O–H groups in total.